The topological polar surface area (TPSA) is 64.8 Å². The van der Waals surface area contributed by atoms with Crippen molar-refractivity contribution in [1.82, 2.24) is 14.8 Å². The zero-order valence-electron chi connectivity index (χ0n) is 9.06. The Labute approximate surface area is 93.9 Å². The maximum Gasteiger partial charge on any atom is 0.368 e. The van der Waals surface area contributed by atoms with E-state index in [0.717, 1.165) is 25.7 Å². The molecule has 16 heavy (non-hydrogen) atoms. The molecule has 2 rings (SSSR count). The summed E-state index contributed by atoms with van der Waals surface area (Å²) >= 11 is 0. The van der Waals surface area contributed by atoms with Crippen molar-refractivity contribution in [3.8, 4) is 0 Å². The molecule has 1 fully saturated rings. The van der Waals surface area contributed by atoms with Crippen LogP contribution in [0.5, 0.6) is 0 Å². The van der Waals surface area contributed by atoms with E-state index in [1.807, 2.05) is 0 Å². The highest BCUT2D eigenvalue weighted by molar-refractivity contribution is 7.86. The zero-order chi connectivity index (χ0) is 11.8. The standard InChI is InChI=1S/C9H14FN3O2S/c1-2-13-8(7-5-3-4-6-7)11-12-9(13)16(10,14)15/h7H,2-6H2,1H3. The first-order valence-electron chi connectivity index (χ1n) is 5.41. The Bertz CT molecular complexity index is 477. The van der Waals surface area contributed by atoms with Crippen LogP contribution in [0.4, 0.5) is 3.89 Å². The van der Waals surface area contributed by atoms with Crippen LogP contribution in [0.1, 0.15) is 44.3 Å². The van der Waals surface area contributed by atoms with E-state index in [1.165, 1.54) is 4.57 Å². The van der Waals surface area contributed by atoms with Gasteiger partial charge in [-0.15, -0.1) is 10.2 Å². The minimum absolute atomic E-state index is 0.225. The number of aromatic nitrogens is 3. The molecular weight excluding hydrogens is 233 g/mol. The predicted octanol–water partition coefficient (Wildman–Crippen LogP) is 1.61. The summed E-state index contributed by atoms with van der Waals surface area (Å²) in [4.78, 5) is 0. The highest BCUT2D eigenvalue weighted by Gasteiger charge is 2.28. The van der Waals surface area contributed by atoms with Gasteiger partial charge in [-0.2, -0.15) is 8.42 Å². The third-order valence-electron chi connectivity index (χ3n) is 3.00. The lowest BCUT2D eigenvalue weighted by atomic mass is 10.1. The number of hydrogen-bond donors (Lipinski definition) is 0. The molecule has 0 aromatic carbocycles. The van der Waals surface area contributed by atoms with Crippen LogP contribution in [0, 0.1) is 0 Å². The smallest absolute Gasteiger partial charge is 0.300 e. The van der Waals surface area contributed by atoms with Crippen molar-refractivity contribution in [1.29, 1.82) is 0 Å². The Kier molecular flexibility index (Phi) is 2.96. The van der Waals surface area contributed by atoms with Gasteiger partial charge in [0.25, 0.3) is 5.16 Å². The highest BCUT2D eigenvalue weighted by atomic mass is 32.3. The molecule has 0 amide bonds. The Balaban J connectivity index is 2.44. The minimum atomic E-state index is -4.76. The van der Waals surface area contributed by atoms with Gasteiger partial charge in [-0.25, -0.2) is 0 Å². The van der Waals surface area contributed by atoms with Gasteiger partial charge in [0.1, 0.15) is 5.82 Å². The first-order valence-corrected chi connectivity index (χ1v) is 6.80. The third kappa shape index (κ3) is 1.95. The Hall–Kier alpha value is -0.980. The molecule has 0 N–H and O–H groups in total. The van der Waals surface area contributed by atoms with Crippen LogP contribution in [-0.2, 0) is 16.8 Å². The zero-order valence-corrected chi connectivity index (χ0v) is 9.87. The lowest BCUT2D eigenvalue weighted by molar-refractivity contribution is 0.515. The second-order valence-corrected chi connectivity index (χ2v) is 5.25. The quantitative estimate of drug-likeness (QED) is 0.761. The second kappa shape index (κ2) is 4.12. The first-order chi connectivity index (χ1) is 7.54. The van der Waals surface area contributed by atoms with Gasteiger partial charge in [0.15, 0.2) is 0 Å². The maximum absolute atomic E-state index is 12.9. The van der Waals surface area contributed by atoms with Crippen molar-refractivity contribution in [2.24, 2.45) is 0 Å². The molecule has 7 heteroatoms. The average Bonchev–Trinajstić information content (AvgIpc) is 2.84. The van der Waals surface area contributed by atoms with Crippen molar-refractivity contribution in [3.05, 3.63) is 5.82 Å². The summed E-state index contributed by atoms with van der Waals surface area (Å²) in [5.41, 5.74) is 0. The first kappa shape index (κ1) is 11.5. The summed E-state index contributed by atoms with van der Waals surface area (Å²) in [6.45, 7) is 2.13. The van der Waals surface area contributed by atoms with Crippen molar-refractivity contribution >= 4 is 10.2 Å². The van der Waals surface area contributed by atoms with Crippen LogP contribution in [0.3, 0.4) is 0 Å². The van der Waals surface area contributed by atoms with E-state index in [-0.39, 0.29) is 5.92 Å². The molecule has 90 valence electrons. The second-order valence-electron chi connectivity index (χ2n) is 4.00. The van der Waals surface area contributed by atoms with E-state index in [0.29, 0.717) is 12.4 Å². The summed E-state index contributed by atoms with van der Waals surface area (Å²) < 4.78 is 36.0. The van der Waals surface area contributed by atoms with E-state index in [9.17, 15) is 12.3 Å². The van der Waals surface area contributed by atoms with Crippen LogP contribution in [-0.4, -0.2) is 23.2 Å². The molecule has 0 atom stereocenters. The number of rotatable bonds is 3. The van der Waals surface area contributed by atoms with Gasteiger partial charge >= 0.3 is 10.2 Å². The Morgan fingerprint density at radius 2 is 2.00 bits per heavy atom. The summed E-state index contributed by atoms with van der Waals surface area (Å²) in [6.07, 6.45) is 4.17. The van der Waals surface area contributed by atoms with Crippen LogP contribution < -0.4 is 0 Å². The van der Waals surface area contributed by atoms with E-state index in [1.54, 1.807) is 6.92 Å². The van der Waals surface area contributed by atoms with Crippen molar-refractivity contribution in [2.75, 3.05) is 0 Å². The van der Waals surface area contributed by atoms with Gasteiger partial charge in [0, 0.05) is 12.5 Å². The summed E-state index contributed by atoms with van der Waals surface area (Å²) in [5.74, 6) is 0.833. The third-order valence-corrected chi connectivity index (χ3v) is 3.74. The normalized spacial score (nSPS) is 18.1. The van der Waals surface area contributed by atoms with Gasteiger partial charge in [-0.3, -0.25) is 4.57 Å². The van der Waals surface area contributed by atoms with Gasteiger partial charge < -0.3 is 0 Å². The number of hydrogen-bond acceptors (Lipinski definition) is 4. The number of halogens is 1. The fourth-order valence-corrected chi connectivity index (χ4v) is 2.89. The molecule has 0 spiro atoms. The Morgan fingerprint density at radius 1 is 1.38 bits per heavy atom. The summed E-state index contributed by atoms with van der Waals surface area (Å²) in [7, 11) is -4.76. The van der Waals surface area contributed by atoms with Crippen molar-refractivity contribution < 1.29 is 12.3 Å². The molecule has 0 bridgehead atoms. The lowest BCUT2D eigenvalue weighted by Gasteiger charge is -2.10. The van der Waals surface area contributed by atoms with Crippen molar-refractivity contribution in [3.63, 3.8) is 0 Å². The SMILES string of the molecule is CCn1c(C2CCCC2)nnc1S(=O)(=O)F. The molecule has 0 unspecified atom stereocenters. The van der Waals surface area contributed by atoms with Crippen LogP contribution in [0.15, 0.2) is 5.16 Å². The largest absolute Gasteiger partial charge is 0.368 e. The average molecular weight is 247 g/mol. The van der Waals surface area contributed by atoms with Gasteiger partial charge in [0.05, 0.1) is 0 Å². The maximum atomic E-state index is 12.9. The van der Waals surface area contributed by atoms with E-state index < -0.39 is 15.4 Å². The predicted molar refractivity (Wildman–Crippen MR) is 55.2 cm³/mol. The van der Waals surface area contributed by atoms with Crippen LogP contribution in [0.25, 0.3) is 0 Å². The molecule has 1 aromatic rings. The lowest BCUT2D eigenvalue weighted by Crippen LogP contribution is -2.10. The molecule has 0 saturated heterocycles. The van der Waals surface area contributed by atoms with E-state index in [4.69, 9.17) is 0 Å². The molecule has 0 radical (unpaired) electrons. The van der Waals surface area contributed by atoms with Gasteiger partial charge in [-0.1, -0.05) is 16.7 Å². The van der Waals surface area contributed by atoms with Gasteiger partial charge in [-0.05, 0) is 19.8 Å². The molecular formula is C9H14FN3O2S. The van der Waals surface area contributed by atoms with Crippen molar-refractivity contribution in [2.45, 2.75) is 50.2 Å². The fourth-order valence-electron chi connectivity index (χ4n) is 2.26. The minimum Gasteiger partial charge on any atom is -0.300 e. The number of nitrogens with zero attached hydrogens (tertiary/aromatic N) is 3. The Morgan fingerprint density at radius 3 is 2.50 bits per heavy atom. The molecule has 1 saturated carbocycles. The molecule has 5 nitrogen and oxygen atoms in total. The summed E-state index contributed by atoms with van der Waals surface area (Å²) in [6, 6.07) is 0. The molecule has 1 aliphatic carbocycles. The molecule has 0 aliphatic heterocycles. The van der Waals surface area contributed by atoms with E-state index in [2.05, 4.69) is 10.2 Å². The van der Waals surface area contributed by atoms with E-state index >= 15 is 0 Å². The molecule has 1 heterocycles. The fraction of sp³-hybridized carbons (Fsp3) is 0.778. The molecule has 1 aliphatic rings. The van der Waals surface area contributed by atoms with Crippen LogP contribution in [0.2, 0.25) is 0 Å². The monoisotopic (exact) mass is 247 g/mol. The molecule has 1 aromatic heterocycles. The highest BCUT2D eigenvalue weighted by Crippen LogP contribution is 2.33. The summed E-state index contributed by atoms with van der Waals surface area (Å²) in [5, 5.41) is 6.72. The van der Waals surface area contributed by atoms with Crippen LogP contribution >= 0.6 is 0 Å². The van der Waals surface area contributed by atoms with Gasteiger partial charge in [0.2, 0.25) is 0 Å².